The summed E-state index contributed by atoms with van der Waals surface area (Å²) < 4.78 is 28.8. The Labute approximate surface area is 113 Å². The third kappa shape index (κ3) is 4.85. The molecule has 6 heteroatoms. The van der Waals surface area contributed by atoms with Gasteiger partial charge in [0.25, 0.3) is 10.2 Å². The van der Waals surface area contributed by atoms with Crippen molar-refractivity contribution in [2.24, 2.45) is 5.92 Å². The number of alkyl halides is 1. The minimum atomic E-state index is -3.31. The molecule has 1 rings (SSSR count). The summed E-state index contributed by atoms with van der Waals surface area (Å²) in [7, 11) is -3.31. The lowest BCUT2D eigenvalue weighted by molar-refractivity contribution is 0.397. The second kappa shape index (κ2) is 7.07. The first-order chi connectivity index (χ1) is 7.97. The minimum absolute atomic E-state index is 0.0387. The van der Waals surface area contributed by atoms with Crippen LogP contribution < -0.4 is 4.72 Å². The summed E-state index contributed by atoms with van der Waals surface area (Å²) in [4.78, 5) is 0. The normalized spacial score (nSPS) is 21.4. The van der Waals surface area contributed by atoms with Crippen molar-refractivity contribution in [1.82, 2.24) is 9.03 Å². The summed E-state index contributed by atoms with van der Waals surface area (Å²) in [5, 5.41) is 0.651. The molecule has 1 atom stereocenters. The van der Waals surface area contributed by atoms with E-state index in [9.17, 15) is 8.42 Å². The quantitative estimate of drug-likeness (QED) is 0.787. The van der Waals surface area contributed by atoms with Crippen molar-refractivity contribution in [1.29, 1.82) is 0 Å². The number of nitrogens with one attached hydrogen (secondary N) is 1. The molecule has 0 aromatic heterocycles. The Bertz CT molecular complexity index is 311. The van der Waals surface area contributed by atoms with Crippen LogP contribution >= 0.6 is 15.9 Å². The predicted octanol–water partition coefficient (Wildman–Crippen LogP) is 2.12. The molecule has 1 aliphatic rings. The lowest BCUT2D eigenvalue weighted by Gasteiger charge is -2.25. The second-order valence-corrected chi connectivity index (χ2v) is 7.29. The molecular formula is C11H23BrN2O2S. The zero-order valence-electron chi connectivity index (χ0n) is 10.7. The molecule has 1 heterocycles. The molecule has 4 nitrogen and oxygen atoms in total. The van der Waals surface area contributed by atoms with Gasteiger partial charge in [0.1, 0.15) is 0 Å². The topological polar surface area (TPSA) is 49.4 Å². The van der Waals surface area contributed by atoms with Crippen molar-refractivity contribution < 1.29 is 8.42 Å². The van der Waals surface area contributed by atoms with Gasteiger partial charge in [-0.1, -0.05) is 42.6 Å². The average molecular weight is 327 g/mol. The predicted molar refractivity (Wildman–Crippen MR) is 74.5 cm³/mol. The van der Waals surface area contributed by atoms with Gasteiger partial charge in [0.2, 0.25) is 0 Å². The van der Waals surface area contributed by atoms with Crippen LogP contribution in [0.3, 0.4) is 0 Å². The first-order valence-corrected chi connectivity index (χ1v) is 8.87. The average Bonchev–Trinajstić information content (AvgIpc) is 2.54. The first kappa shape index (κ1) is 15.4. The molecule has 1 fully saturated rings. The Morgan fingerprint density at radius 2 is 1.71 bits per heavy atom. The van der Waals surface area contributed by atoms with Gasteiger partial charge >= 0.3 is 0 Å². The number of nitrogens with zero attached hydrogens (tertiary/aromatic N) is 1. The zero-order valence-corrected chi connectivity index (χ0v) is 13.1. The standard InChI is InChI=1S/C11H23BrN2O2S/c1-10(2)11(9-12)13-17(15,16)14-7-5-3-4-6-8-14/h10-11,13H,3-9H2,1-2H3. The molecule has 0 saturated carbocycles. The van der Waals surface area contributed by atoms with E-state index in [0.29, 0.717) is 18.4 Å². The molecule has 1 N–H and O–H groups in total. The Kier molecular flexibility index (Phi) is 6.40. The molecule has 0 aromatic rings. The third-order valence-electron chi connectivity index (χ3n) is 3.18. The Morgan fingerprint density at radius 1 is 1.18 bits per heavy atom. The van der Waals surface area contributed by atoms with Crippen LogP contribution in [0.4, 0.5) is 0 Å². The van der Waals surface area contributed by atoms with Gasteiger partial charge in [-0.05, 0) is 18.8 Å². The number of rotatable bonds is 5. The molecule has 0 aliphatic carbocycles. The highest BCUT2D eigenvalue weighted by atomic mass is 79.9. The molecule has 0 amide bonds. The highest BCUT2D eigenvalue weighted by molar-refractivity contribution is 9.09. The second-order valence-electron chi connectivity index (χ2n) is 4.94. The van der Waals surface area contributed by atoms with Crippen molar-refractivity contribution in [3.8, 4) is 0 Å². The summed E-state index contributed by atoms with van der Waals surface area (Å²) in [6.07, 6.45) is 4.22. The molecule has 0 aromatic carbocycles. The van der Waals surface area contributed by atoms with Crippen molar-refractivity contribution in [2.45, 2.75) is 45.6 Å². The van der Waals surface area contributed by atoms with Crippen LogP contribution in [0.25, 0.3) is 0 Å². The largest absolute Gasteiger partial charge is 0.279 e. The lowest BCUT2D eigenvalue weighted by Crippen LogP contribution is -2.48. The number of halogens is 1. The molecule has 102 valence electrons. The van der Waals surface area contributed by atoms with E-state index in [-0.39, 0.29) is 12.0 Å². The van der Waals surface area contributed by atoms with E-state index in [1.165, 1.54) is 0 Å². The summed E-state index contributed by atoms with van der Waals surface area (Å²) in [5.41, 5.74) is 0. The van der Waals surface area contributed by atoms with Gasteiger partial charge in [-0.3, -0.25) is 0 Å². The Hall–Kier alpha value is 0.350. The first-order valence-electron chi connectivity index (χ1n) is 6.30. The fourth-order valence-electron chi connectivity index (χ4n) is 1.89. The molecule has 17 heavy (non-hydrogen) atoms. The molecule has 0 radical (unpaired) electrons. The van der Waals surface area contributed by atoms with Gasteiger partial charge in [0.05, 0.1) is 0 Å². The van der Waals surface area contributed by atoms with E-state index in [1.807, 2.05) is 13.8 Å². The van der Waals surface area contributed by atoms with Crippen LogP contribution in [0.1, 0.15) is 39.5 Å². The summed E-state index contributed by atoms with van der Waals surface area (Å²) in [6.45, 7) is 5.36. The summed E-state index contributed by atoms with van der Waals surface area (Å²) in [5.74, 6) is 0.288. The van der Waals surface area contributed by atoms with Gasteiger partial charge in [-0.2, -0.15) is 17.4 Å². The fourth-order valence-corrected chi connectivity index (χ4v) is 4.64. The van der Waals surface area contributed by atoms with Gasteiger partial charge in [-0.15, -0.1) is 0 Å². The van der Waals surface area contributed by atoms with Crippen molar-refractivity contribution in [2.75, 3.05) is 18.4 Å². The van der Waals surface area contributed by atoms with Crippen LogP contribution in [0, 0.1) is 5.92 Å². The maximum absolute atomic E-state index is 12.2. The highest BCUT2D eigenvalue weighted by Gasteiger charge is 2.26. The summed E-state index contributed by atoms with van der Waals surface area (Å²) in [6, 6.07) is -0.0387. The van der Waals surface area contributed by atoms with E-state index in [0.717, 1.165) is 25.7 Å². The SMILES string of the molecule is CC(C)C(CBr)NS(=O)(=O)N1CCCCCC1. The van der Waals surface area contributed by atoms with Gasteiger partial charge in [0.15, 0.2) is 0 Å². The number of hydrogen-bond acceptors (Lipinski definition) is 2. The fraction of sp³-hybridized carbons (Fsp3) is 1.00. The smallest absolute Gasteiger partial charge is 0.198 e. The van der Waals surface area contributed by atoms with Crippen molar-refractivity contribution in [3.63, 3.8) is 0 Å². The molecule has 1 unspecified atom stereocenters. The highest BCUT2D eigenvalue weighted by Crippen LogP contribution is 2.14. The van der Waals surface area contributed by atoms with E-state index in [4.69, 9.17) is 0 Å². The van der Waals surface area contributed by atoms with Gasteiger partial charge < -0.3 is 0 Å². The molecule has 1 aliphatic heterocycles. The minimum Gasteiger partial charge on any atom is -0.198 e. The van der Waals surface area contributed by atoms with Crippen LogP contribution in [-0.4, -0.2) is 37.2 Å². The van der Waals surface area contributed by atoms with Crippen LogP contribution in [0.15, 0.2) is 0 Å². The van der Waals surface area contributed by atoms with E-state index in [1.54, 1.807) is 4.31 Å². The van der Waals surface area contributed by atoms with Crippen LogP contribution in [0.2, 0.25) is 0 Å². The van der Waals surface area contributed by atoms with Crippen molar-refractivity contribution >= 4 is 26.1 Å². The molecule has 0 bridgehead atoms. The van der Waals surface area contributed by atoms with Crippen LogP contribution in [0.5, 0.6) is 0 Å². The van der Waals surface area contributed by atoms with E-state index in [2.05, 4.69) is 20.7 Å². The molecule has 1 saturated heterocycles. The Morgan fingerprint density at radius 3 is 2.12 bits per heavy atom. The monoisotopic (exact) mass is 326 g/mol. The Balaban J connectivity index is 2.65. The summed E-state index contributed by atoms with van der Waals surface area (Å²) >= 11 is 3.36. The van der Waals surface area contributed by atoms with Crippen molar-refractivity contribution in [3.05, 3.63) is 0 Å². The van der Waals surface area contributed by atoms with Crippen LogP contribution in [-0.2, 0) is 10.2 Å². The third-order valence-corrected chi connectivity index (χ3v) is 5.52. The lowest BCUT2D eigenvalue weighted by atomic mass is 10.1. The zero-order chi connectivity index (χ0) is 12.9. The molecule has 0 spiro atoms. The van der Waals surface area contributed by atoms with E-state index >= 15 is 0 Å². The van der Waals surface area contributed by atoms with Gasteiger partial charge in [-0.25, -0.2) is 0 Å². The number of hydrogen-bond donors (Lipinski definition) is 1. The maximum atomic E-state index is 12.2. The van der Waals surface area contributed by atoms with Gasteiger partial charge in [0, 0.05) is 24.5 Å². The molecular weight excluding hydrogens is 304 g/mol. The maximum Gasteiger partial charge on any atom is 0.279 e. The van der Waals surface area contributed by atoms with E-state index < -0.39 is 10.2 Å².